The van der Waals surface area contributed by atoms with E-state index in [-0.39, 0.29) is 23.7 Å². The molecular formula is C17H10ClF3N2O2. The zero-order chi connectivity index (χ0) is 18.2. The second-order valence-electron chi connectivity index (χ2n) is 5.30. The molecule has 1 aromatic heterocycles. The lowest BCUT2D eigenvalue weighted by molar-refractivity contribution is -0.274. The highest BCUT2D eigenvalue weighted by molar-refractivity contribution is 6.31. The van der Waals surface area contributed by atoms with Gasteiger partial charge in [0.2, 0.25) is 5.88 Å². The van der Waals surface area contributed by atoms with Crippen molar-refractivity contribution in [2.24, 2.45) is 0 Å². The highest BCUT2D eigenvalue weighted by atomic mass is 35.5. The van der Waals surface area contributed by atoms with Crippen molar-refractivity contribution < 1.29 is 23.0 Å². The van der Waals surface area contributed by atoms with Gasteiger partial charge in [0, 0.05) is 16.6 Å². The fourth-order valence-corrected chi connectivity index (χ4v) is 2.78. The van der Waals surface area contributed by atoms with Crippen LogP contribution in [0.4, 0.5) is 13.2 Å². The summed E-state index contributed by atoms with van der Waals surface area (Å²) in [5.74, 6) is -0.435. The highest BCUT2D eigenvalue weighted by Crippen LogP contribution is 2.33. The number of ether oxygens (including phenoxy) is 1. The van der Waals surface area contributed by atoms with E-state index in [1.807, 2.05) is 6.07 Å². The second-order valence-corrected chi connectivity index (χ2v) is 5.74. The predicted molar refractivity (Wildman–Crippen MR) is 85.6 cm³/mol. The van der Waals surface area contributed by atoms with Crippen molar-refractivity contribution in [3.05, 3.63) is 58.7 Å². The van der Waals surface area contributed by atoms with Crippen molar-refractivity contribution in [1.82, 2.24) is 4.57 Å². The monoisotopic (exact) mass is 366 g/mol. The number of hydrogen-bond donors (Lipinski definition) is 1. The van der Waals surface area contributed by atoms with Crippen LogP contribution in [0.2, 0.25) is 5.02 Å². The zero-order valence-corrected chi connectivity index (χ0v) is 13.3. The molecule has 0 bridgehead atoms. The van der Waals surface area contributed by atoms with Crippen LogP contribution in [0.5, 0.6) is 11.6 Å². The largest absolute Gasteiger partial charge is 0.573 e. The van der Waals surface area contributed by atoms with Gasteiger partial charge in [-0.2, -0.15) is 5.26 Å². The summed E-state index contributed by atoms with van der Waals surface area (Å²) in [4.78, 5) is 0. The van der Waals surface area contributed by atoms with E-state index < -0.39 is 6.36 Å². The van der Waals surface area contributed by atoms with Gasteiger partial charge in [0.25, 0.3) is 0 Å². The van der Waals surface area contributed by atoms with Gasteiger partial charge in [-0.25, -0.2) is 0 Å². The summed E-state index contributed by atoms with van der Waals surface area (Å²) in [7, 11) is 0. The summed E-state index contributed by atoms with van der Waals surface area (Å²) in [6.45, 7) is 0.204. The number of halogens is 4. The summed E-state index contributed by atoms with van der Waals surface area (Å²) in [5.41, 5.74) is 0.891. The van der Waals surface area contributed by atoms with Crippen molar-refractivity contribution in [3.63, 3.8) is 0 Å². The molecule has 4 nitrogen and oxygen atoms in total. The Labute approximate surface area is 145 Å². The van der Waals surface area contributed by atoms with Crippen LogP contribution in [0.3, 0.4) is 0 Å². The Morgan fingerprint density at radius 1 is 1.20 bits per heavy atom. The third-order valence-corrected chi connectivity index (χ3v) is 3.77. The zero-order valence-electron chi connectivity index (χ0n) is 12.5. The molecular weight excluding hydrogens is 357 g/mol. The number of nitrogens with zero attached hydrogens (tertiary/aromatic N) is 2. The quantitative estimate of drug-likeness (QED) is 0.723. The average Bonchev–Trinajstić information content (AvgIpc) is 2.83. The molecule has 8 heteroatoms. The number of rotatable bonds is 3. The van der Waals surface area contributed by atoms with Gasteiger partial charge < -0.3 is 14.4 Å². The van der Waals surface area contributed by atoms with E-state index in [9.17, 15) is 23.5 Å². The molecule has 3 rings (SSSR count). The summed E-state index contributed by atoms with van der Waals surface area (Å²) in [6.07, 6.45) is -3.12. The number of nitriles is 1. The molecule has 128 valence electrons. The van der Waals surface area contributed by atoms with Crippen LogP contribution in [0.25, 0.3) is 10.8 Å². The first-order valence-electron chi connectivity index (χ1n) is 7.03. The molecule has 0 fully saturated rings. The molecule has 25 heavy (non-hydrogen) atoms. The summed E-state index contributed by atoms with van der Waals surface area (Å²) < 4.78 is 41.8. The Morgan fingerprint density at radius 3 is 2.48 bits per heavy atom. The molecule has 0 atom stereocenters. The van der Waals surface area contributed by atoms with Crippen LogP contribution in [0.15, 0.2) is 42.6 Å². The third-order valence-electron chi connectivity index (χ3n) is 3.55. The van der Waals surface area contributed by atoms with E-state index in [1.165, 1.54) is 34.9 Å². The molecule has 0 spiro atoms. The molecule has 0 aliphatic carbocycles. The summed E-state index contributed by atoms with van der Waals surface area (Å²) in [6, 6.07) is 10.4. The van der Waals surface area contributed by atoms with Crippen molar-refractivity contribution in [2.75, 3.05) is 0 Å². The van der Waals surface area contributed by atoms with Crippen LogP contribution in [0.1, 0.15) is 11.1 Å². The van der Waals surface area contributed by atoms with Crippen molar-refractivity contribution in [2.45, 2.75) is 12.9 Å². The number of benzene rings is 2. The Kier molecular flexibility index (Phi) is 4.23. The maximum atomic E-state index is 12.2. The number of aromatic hydroxyl groups is 1. The first-order chi connectivity index (χ1) is 11.8. The fraction of sp³-hybridized carbons (Fsp3) is 0.118. The maximum Gasteiger partial charge on any atom is 0.573 e. The van der Waals surface area contributed by atoms with Gasteiger partial charge in [0.15, 0.2) is 0 Å². The van der Waals surface area contributed by atoms with Crippen molar-refractivity contribution in [1.29, 1.82) is 5.26 Å². The molecule has 1 N–H and O–H groups in total. The Balaban J connectivity index is 1.91. The smallest absolute Gasteiger partial charge is 0.494 e. The van der Waals surface area contributed by atoms with Crippen LogP contribution in [-0.4, -0.2) is 16.0 Å². The minimum absolute atomic E-state index is 0.112. The number of aromatic nitrogens is 1. The average molecular weight is 367 g/mol. The SMILES string of the molecule is N#Cc1cc(Cl)cc2cn(Cc3ccc(OC(F)(F)F)cc3)c(O)c12. The van der Waals surface area contributed by atoms with Gasteiger partial charge >= 0.3 is 6.36 Å². The molecule has 3 aromatic rings. The number of alkyl halides is 3. The lowest BCUT2D eigenvalue weighted by atomic mass is 10.1. The molecule has 0 unspecified atom stereocenters. The molecule has 1 heterocycles. The van der Waals surface area contributed by atoms with Crippen LogP contribution >= 0.6 is 11.6 Å². The molecule has 0 aliphatic heterocycles. The van der Waals surface area contributed by atoms with Gasteiger partial charge in [0.05, 0.1) is 17.5 Å². The fourth-order valence-electron chi connectivity index (χ4n) is 2.55. The molecule has 0 saturated heterocycles. The van der Waals surface area contributed by atoms with Gasteiger partial charge in [-0.05, 0) is 29.8 Å². The van der Waals surface area contributed by atoms with Crippen molar-refractivity contribution in [3.8, 4) is 17.7 Å². The predicted octanol–water partition coefficient (Wildman–Crippen LogP) is 4.82. The lowest BCUT2D eigenvalue weighted by Crippen LogP contribution is -2.17. The minimum Gasteiger partial charge on any atom is -0.494 e. The van der Waals surface area contributed by atoms with E-state index in [4.69, 9.17) is 11.6 Å². The molecule has 0 amide bonds. The minimum atomic E-state index is -4.75. The molecule has 0 aliphatic rings. The molecule has 0 radical (unpaired) electrons. The van der Waals surface area contributed by atoms with Gasteiger partial charge in [-0.1, -0.05) is 23.7 Å². The Bertz CT molecular complexity index is 973. The van der Waals surface area contributed by atoms with E-state index in [1.54, 1.807) is 12.3 Å². The second kappa shape index (κ2) is 6.22. The summed E-state index contributed by atoms with van der Waals surface area (Å²) in [5, 5.41) is 20.9. The summed E-state index contributed by atoms with van der Waals surface area (Å²) >= 11 is 5.95. The normalized spacial score (nSPS) is 11.5. The van der Waals surface area contributed by atoms with Gasteiger partial charge in [-0.3, -0.25) is 0 Å². The number of hydrogen-bond acceptors (Lipinski definition) is 3. The maximum absolute atomic E-state index is 12.2. The van der Waals surface area contributed by atoms with Crippen molar-refractivity contribution >= 4 is 22.4 Å². The van der Waals surface area contributed by atoms with E-state index in [0.717, 1.165) is 0 Å². The topological polar surface area (TPSA) is 58.2 Å². The van der Waals surface area contributed by atoms with Crippen LogP contribution < -0.4 is 4.74 Å². The van der Waals surface area contributed by atoms with Gasteiger partial charge in [-0.15, -0.1) is 13.2 Å². The number of fused-ring (bicyclic) bond motifs is 1. The first kappa shape index (κ1) is 17.0. The molecule has 2 aromatic carbocycles. The highest BCUT2D eigenvalue weighted by Gasteiger charge is 2.30. The van der Waals surface area contributed by atoms with E-state index in [0.29, 0.717) is 21.4 Å². The van der Waals surface area contributed by atoms with Crippen LogP contribution in [0, 0.1) is 11.3 Å². The first-order valence-corrected chi connectivity index (χ1v) is 7.41. The Morgan fingerprint density at radius 2 is 1.88 bits per heavy atom. The van der Waals surface area contributed by atoms with Gasteiger partial charge in [0.1, 0.15) is 11.8 Å². The lowest BCUT2D eigenvalue weighted by Gasteiger charge is -2.10. The van der Waals surface area contributed by atoms with E-state index in [2.05, 4.69) is 4.74 Å². The van der Waals surface area contributed by atoms with Crippen LogP contribution in [-0.2, 0) is 6.54 Å². The molecule has 0 saturated carbocycles. The third kappa shape index (κ3) is 3.64. The van der Waals surface area contributed by atoms with E-state index >= 15 is 0 Å². The Hall–Kier alpha value is -2.85. The standard InChI is InChI=1S/C17H10ClF3N2O2/c18-13-5-11(7-22)15-12(6-13)9-23(16(15)24)8-10-1-3-14(4-2-10)25-17(19,20)21/h1-6,9,24H,8H2.